The van der Waals surface area contributed by atoms with Crippen LogP contribution < -0.4 is 0 Å². The summed E-state index contributed by atoms with van der Waals surface area (Å²) in [5.74, 6) is -2.88. The lowest BCUT2D eigenvalue weighted by atomic mass is 10.1. The second-order valence-electron chi connectivity index (χ2n) is 2.11. The molecule has 0 saturated heterocycles. The maximum Gasteiger partial charge on any atom is 0.265 e. The molecule has 68 valence electrons. The van der Waals surface area contributed by atoms with Gasteiger partial charge in [0.2, 0.25) is 11.9 Å². The average Bonchev–Trinajstić information content (AvgIpc) is 2.02. The van der Waals surface area contributed by atoms with Gasteiger partial charge in [-0.25, -0.2) is 8.78 Å². The Labute approximate surface area is 70.4 Å². The highest BCUT2D eigenvalue weighted by Crippen LogP contribution is 2.23. The highest BCUT2D eigenvalue weighted by Gasteiger charge is 2.19. The van der Waals surface area contributed by atoms with Gasteiger partial charge >= 0.3 is 0 Å². The molecular formula is C7H2F4N2. The predicted octanol–water partition coefficient (Wildman–Crippen LogP) is 2.17. The van der Waals surface area contributed by atoms with Gasteiger partial charge in [0.25, 0.3) is 6.43 Å². The first-order chi connectivity index (χ1) is 6.06. The van der Waals surface area contributed by atoms with E-state index in [0.717, 1.165) is 0 Å². The zero-order valence-electron chi connectivity index (χ0n) is 6.06. The Kier molecular flexibility index (Phi) is 2.46. The molecule has 1 aromatic rings. The van der Waals surface area contributed by atoms with Crippen molar-refractivity contribution >= 4 is 0 Å². The van der Waals surface area contributed by atoms with Crippen molar-refractivity contribution in [3.63, 3.8) is 0 Å². The third-order valence-electron chi connectivity index (χ3n) is 1.32. The van der Waals surface area contributed by atoms with E-state index in [1.165, 1.54) is 6.07 Å². The van der Waals surface area contributed by atoms with Crippen molar-refractivity contribution in [2.45, 2.75) is 6.43 Å². The van der Waals surface area contributed by atoms with Crippen LogP contribution in [0.3, 0.4) is 0 Å². The van der Waals surface area contributed by atoms with Crippen LogP contribution in [-0.2, 0) is 0 Å². The molecule has 0 unspecified atom stereocenters. The number of pyridine rings is 1. The molecule has 0 N–H and O–H groups in total. The summed E-state index contributed by atoms with van der Waals surface area (Å²) in [6, 6.07) is 1.53. The van der Waals surface area contributed by atoms with Crippen LogP contribution >= 0.6 is 0 Å². The quantitative estimate of drug-likeness (QED) is 0.502. The fourth-order valence-electron chi connectivity index (χ4n) is 0.784. The van der Waals surface area contributed by atoms with Gasteiger partial charge in [-0.1, -0.05) is 0 Å². The highest BCUT2D eigenvalue weighted by atomic mass is 19.3. The molecule has 0 amide bonds. The summed E-state index contributed by atoms with van der Waals surface area (Å²) in [4.78, 5) is 2.60. The van der Waals surface area contributed by atoms with E-state index < -0.39 is 29.4 Å². The number of aromatic nitrogens is 1. The molecule has 0 fully saturated rings. The van der Waals surface area contributed by atoms with Gasteiger partial charge in [-0.2, -0.15) is 19.0 Å². The molecule has 0 aliphatic rings. The first kappa shape index (κ1) is 9.45. The standard InChI is InChI=1S/C7H2F4N2/c8-5-1-3(6(9)10)4(2-12)7(11)13-5/h1,6H. The number of hydrogen-bond acceptors (Lipinski definition) is 2. The number of alkyl halides is 2. The van der Waals surface area contributed by atoms with Crippen LogP contribution in [0.4, 0.5) is 17.6 Å². The first-order valence-corrected chi connectivity index (χ1v) is 3.10. The first-order valence-electron chi connectivity index (χ1n) is 3.10. The number of nitrogens with zero attached hydrogens (tertiary/aromatic N) is 2. The van der Waals surface area contributed by atoms with Crippen LogP contribution in [0.5, 0.6) is 0 Å². The van der Waals surface area contributed by atoms with Gasteiger partial charge in [-0.05, 0) is 0 Å². The number of hydrogen-bond donors (Lipinski definition) is 0. The molecule has 0 spiro atoms. The van der Waals surface area contributed by atoms with Gasteiger partial charge in [0.15, 0.2) is 0 Å². The van der Waals surface area contributed by atoms with Crippen molar-refractivity contribution < 1.29 is 17.6 Å². The number of nitriles is 1. The Morgan fingerprint density at radius 3 is 2.46 bits per heavy atom. The van der Waals surface area contributed by atoms with Crippen molar-refractivity contribution in [3.8, 4) is 6.07 Å². The number of rotatable bonds is 1. The molecule has 13 heavy (non-hydrogen) atoms. The van der Waals surface area contributed by atoms with E-state index in [1.807, 2.05) is 0 Å². The molecule has 1 aromatic heterocycles. The van der Waals surface area contributed by atoms with Gasteiger partial charge in [-0.15, -0.1) is 0 Å². The molecule has 0 bridgehead atoms. The third-order valence-corrected chi connectivity index (χ3v) is 1.32. The Balaban J connectivity index is 3.41. The lowest BCUT2D eigenvalue weighted by molar-refractivity contribution is 0.149. The van der Waals surface area contributed by atoms with Crippen molar-refractivity contribution in [3.05, 3.63) is 29.1 Å². The minimum Gasteiger partial charge on any atom is -0.205 e. The van der Waals surface area contributed by atoms with Crippen LogP contribution in [0, 0.1) is 23.2 Å². The largest absolute Gasteiger partial charge is 0.265 e. The van der Waals surface area contributed by atoms with Crippen LogP contribution in [0.15, 0.2) is 6.07 Å². The molecule has 0 aliphatic heterocycles. The molecule has 0 aromatic carbocycles. The molecule has 1 heterocycles. The predicted molar refractivity (Wildman–Crippen MR) is 33.8 cm³/mol. The average molecular weight is 190 g/mol. The Hall–Kier alpha value is -1.64. The zero-order valence-corrected chi connectivity index (χ0v) is 6.06. The lowest BCUT2D eigenvalue weighted by Crippen LogP contribution is -2.00. The second kappa shape index (κ2) is 3.39. The molecule has 0 radical (unpaired) electrons. The second-order valence-corrected chi connectivity index (χ2v) is 2.11. The van der Waals surface area contributed by atoms with Crippen molar-refractivity contribution in [2.24, 2.45) is 0 Å². The van der Waals surface area contributed by atoms with Gasteiger partial charge < -0.3 is 0 Å². The third kappa shape index (κ3) is 1.75. The van der Waals surface area contributed by atoms with Gasteiger partial charge in [0.1, 0.15) is 11.6 Å². The van der Waals surface area contributed by atoms with Crippen molar-refractivity contribution in [1.82, 2.24) is 4.98 Å². The summed E-state index contributed by atoms with van der Waals surface area (Å²) in [6.45, 7) is 0. The molecule has 0 saturated carbocycles. The van der Waals surface area contributed by atoms with Crippen LogP contribution in [0.2, 0.25) is 0 Å². The van der Waals surface area contributed by atoms with Crippen molar-refractivity contribution in [2.75, 3.05) is 0 Å². The summed E-state index contributed by atoms with van der Waals surface area (Å²) in [7, 11) is 0. The SMILES string of the molecule is N#Cc1c(C(F)F)cc(F)nc1F. The molecule has 1 rings (SSSR count). The zero-order chi connectivity index (χ0) is 10.0. The topological polar surface area (TPSA) is 36.7 Å². The molecule has 6 heteroatoms. The van der Waals surface area contributed by atoms with E-state index >= 15 is 0 Å². The van der Waals surface area contributed by atoms with E-state index in [1.54, 1.807) is 0 Å². The van der Waals surface area contributed by atoms with E-state index in [0.29, 0.717) is 6.07 Å². The summed E-state index contributed by atoms with van der Waals surface area (Å²) in [6.07, 6.45) is -3.10. The monoisotopic (exact) mass is 190 g/mol. The van der Waals surface area contributed by atoms with E-state index in [4.69, 9.17) is 5.26 Å². The maximum atomic E-state index is 12.6. The Morgan fingerprint density at radius 1 is 1.38 bits per heavy atom. The Bertz CT molecular complexity index is 369. The Morgan fingerprint density at radius 2 is 2.00 bits per heavy atom. The fourth-order valence-corrected chi connectivity index (χ4v) is 0.784. The highest BCUT2D eigenvalue weighted by molar-refractivity contribution is 5.36. The summed E-state index contributed by atoms with van der Waals surface area (Å²) >= 11 is 0. The summed E-state index contributed by atoms with van der Waals surface area (Å²) in [5.41, 5.74) is -1.90. The maximum absolute atomic E-state index is 12.6. The summed E-state index contributed by atoms with van der Waals surface area (Å²) in [5, 5.41) is 8.25. The van der Waals surface area contributed by atoms with Gasteiger partial charge in [-0.3, -0.25) is 0 Å². The normalized spacial score (nSPS) is 10.2. The fraction of sp³-hybridized carbons (Fsp3) is 0.143. The van der Waals surface area contributed by atoms with E-state index in [2.05, 4.69) is 4.98 Å². The molecule has 2 nitrogen and oxygen atoms in total. The number of halogens is 4. The van der Waals surface area contributed by atoms with Crippen molar-refractivity contribution in [1.29, 1.82) is 5.26 Å². The van der Waals surface area contributed by atoms with E-state index in [9.17, 15) is 17.6 Å². The smallest absolute Gasteiger partial charge is 0.205 e. The minimum atomic E-state index is -3.10. The molecule has 0 aliphatic carbocycles. The minimum absolute atomic E-state index is 0.340. The summed E-state index contributed by atoms with van der Waals surface area (Å²) < 4.78 is 49.0. The van der Waals surface area contributed by atoms with Crippen LogP contribution in [0.25, 0.3) is 0 Å². The molecule has 0 atom stereocenters. The van der Waals surface area contributed by atoms with Crippen LogP contribution in [0.1, 0.15) is 17.6 Å². The molecular weight excluding hydrogens is 188 g/mol. The van der Waals surface area contributed by atoms with Crippen LogP contribution in [-0.4, -0.2) is 4.98 Å². The lowest BCUT2D eigenvalue weighted by Gasteiger charge is -2.02. The van der Waals surface area contributed by atoms with Gasteiger partial charge in [0.05, 0.1) is 0 Å². The van der Waals surface area contributed by atoms with E-state index in [-0.39, 0.29) is 0 Å². The van der Waals surface area contributed by atoms with Gasteiger partial charge in [0, 0.05) is 11.6 Å².